The van der Waals surface area contributed by atoms with E-state index in [4.69, 9.17) is 21.1 Å². The van der Waals surface area contributed by atoms with Gasteiger partial charge in [-0.3, -0.25) is 0 Å². The van der Waals surface area contributed by atoms with Gasteiger partial charge in [0.15, 0.2) is 0 Å². The molecular weight excluding hydrogens is 238 g/mol. The van der Waals surface area contributed by atoms with Crippen molar-refractivity contribution in [3.8, 4) is 5.75 Å². The predicted molar refractivity (Wildman–Crippen MR) is 71.0 cm³/mol. The Bertz CT molecular complexity index is 344. The highest BCUT2D eigenvalue weighted by molar-refractivity contribution is 6.32. The first-order valence-corrected chi connectivity index (χ1v) is 6.13. The molecule has 0 bridgehead atoms. The van der Waals surface area contributed by atoms with Crippen LogP contribution in [0.3, 0.4) is 0 Å². The number of nitrogens with one attached hydrogen (secondary N) is 1. The van der Waals surface area contributed by atoms with Crippen molar-refractivity contribution in [2.75, 3.05) is 26.8 Å². The summed E-state index contributed by atoms with van der Waals surface area (Å²) in [5, 5.41) is 3.90. The van der Waals surface area contributed by atoms with Crippen LogP contribution >= 0.6 is 11.6 Å². The van der Waals surface area contributed by atoms with Gasteiger partial charge in [0.05, 0.1) is 11.6 Å². The first-order chi connectivity index (χ1) is 8.13. The van der Waals surface area contributed by atoms with E-state index in [0.717, 1.165) is 24.4 Å². The molecule has 4 heteroatoms. The Morgan fingerprint density at radius 3 is 2.82 bits per heavy atom. The Morgan fingerprint density at radius 1 is 1.41 bits per heavy atom. The second kappa shape index (κ2) is 7.54. The van der Waals surface area contributed by atoms with Crippen LogP contribution in [0.2, 0.25) is 5.02 Å². The maximum Gasteiger partial charge on any atom is 0.138 e. The van der Waals surface area contributed by atoms with Crippen LogP contribution in [0.4, 0.5) is 0 Å². The number of aryl methyl sites for hydroxylation is 1. The van der Waals surface area contributed by atoms with Gasteiger partial charge in [-0.1, -0.05) is 17.7 Å². The van der Waals surface area contributed by atoms with Crippen molar-refractivity contribution >= 4 is 11.6 Å². The number of hydrogen-bond donors (Lipinski definition) is 1. The van der Waals surface area contributed by atoms with Crippen LogP contribution in [0.25, 0.3) is 0 Å². The summed E-state index contributed by atoms with van der Waals surface area (Å²) in [6.45, 7) is 6.32. The van der Waals surface area contributed by atoms with Crippen LogP contribution in [-0.2, 0) is 4.74 Å². The maximum atomic E-state index is 6.09. The zero-order chi connectivity index (χ0) is 12.7. The molecule has 0 fully saturated rings. The third-order valence-corrected chi connectivity index (χ3v) is 2.63. The van der Waals surface area contributed by atoms with Gasteiger partial charge >= 0.3 is 0 Å². The number of ether oxygens (including phenoxy) is 2. The van der Waals surface area contributed by atoms with E-state index >= 15 is 0 Å². The van der Waals surface area contributed by atoms with E-state index in [1.807, 2.05) is 32.0 Å². The SMILES string of the molecule is COCCNCC(C)Oc1ccc(C)cc1Cl. The molecule has 0 saturated heterocycles. The van der Waals surface area contributed by atoms with Crippen LogP contribution in [0.5, 0.6) is 5.75 Å². The molecule has 1 unspecified atom stereocenters. The molecule has 17 heavy (non-hydrogen) atoms. The summed E-state index contributed by atoms with van der Waals surface area (Å²) < 4.78 is 10.7. The average molecular weight is 258 g/mol. The fourth-order valence-electron chi connectivity index (χ4n) is 1.44. The number of methoxy groups -OCH3 is 1. The Balaban J connectivity index is 2.37. The smallest absolute Gasteiger partial charge is 0.138 e. The Labute approximate surface area is 108 Å². The Kier molecular flexibility index (Phi) is 6.34. The third kappa shape index (κ3) is 5.39. The van der Waals surface area contributed by atoms with E-state index in [2.05, 4.69) is 5.32 Å². The zero-order valence-electron chi connectivity index (χ0n) is 10.6. The molecule has 0 aliphatic rings. The van der Waals surface area contributed by atoms with Crippen LogP contribution in [0, 0.1) is 6.92 Å². The summed E-state index contributed by atoms with van der Waals surface area (Å²) in [5.74, 6) is 0.735. The molecule has 1 N–H and O–H groups in total. The van der Waals surface area contributed by atoms with Gasteiger partial charge in [-0.25, -0.2) is 0 Å². The second-order valence-corrected chi connectivity index (χ2v) is 4.47. The highest BCUT2D eigenvalue weighted by Crippen LogP contribution is 2.25. The van der Waals surface area contributed by atoms with Crippen LogP contribution in [0.15, 0.2) is 18.2 Å². The summed E-state index contributed by atoms with van der Waals surface area (Å²) in [6.07, 6.45) is 0.0760. The average Bonchev–Trinajstić information content (AvgIpc) is 2.28. The Hall–Kier alpha value is -0.770. The van der Waals surface area contributed by atoms with Crippen molar-refractivity contribution in [3.63, 3.8) is 0 Å². The van der Waals surface area contributed by atoms with E-state index < -0.39 is 0 Å². The first-order valence-electron chi connectivity index (χ1n) is 5.76. The number of rotatable bonds is 7. The fourth-order valence-corrected chi connectivity index (χ4v) is 1.72. The van der Waals surface area contributed by atoms with E-state index in [0.29, 0.717) is 11.6 Å². The lowest BCUT2D eigenvalue weighted by molar-refractivity contribution is 0.184. The van der Waals surface area contributed by atoms with Crippen molar-refractivity contribution < 1.29 is 9.47 Å². The molecule has 0 spiro atoms. The highest BCUT2D eigenvalue weighted by atomic mass is 35.5. The largest absolute Gasteiger partial charge is 0.488 e. The molecular formula is C13H20ClNO2. The lowest BCUT2D eigenvalue weighted by Crippen LogP contribution is -2.31. The minimum atomic E-state index is 0.0760. The van der Waals surface area contributed by atoms with Gasteiger partial charge in [0, 0.05) is 20.2 Å². The summed E-state index contributed by atoms with van der Waals surface area (Å²) >= 11 is 6.09. The van der Waals surface area contributed by atoms with Gasteiger partial charge in [-0.05, 0) is 31.5 Å². The maximum absolute atomic E-state index is 6.09. The normalized spacial score (nSPS) is 12.5. The topological polar surface area (TPSA) is 30.5 Å². The standard InChI is InChI=1S/C13H20ClNO2/c1-10-4-5-13(12(14)8-10)17-11(2)9-15-6-7-16-3/h4-5,8,11,15H,6-7,9H2,1-3H3. The van der Waals surface area contributed by atoms with Crippen LogP contribution in [-0.4, -0.2) is 32.9 Å². The van der Waals surface area contributed by atoms with Gasteiger partial charge in [0.2, 0.25) is 0 Å². The van der Waals surface area contributed by atoms with Crippen molar-refractivity contribution in [1.29, 1.82) is 0 Å². The van der Waals surface area contributed by atoms with E-state index in [1.54, 1.807) is 7.11 Å². The molecule has 0 aliphatic heterocycles. The van der Waals surface area contributed by atoms with Crippen LogP contribution < -0.4 is 10.1 Å². The van der Waals surface area contributed by atoms with Crippen molar-refractivity contribution in [2.24, 2.45) is 0 Å². The predicted octanol–water partition coefficient (Wildman–Crippen LogP) is 2.65. The molecule has 1 rings (SSSR count). The summed E-state index contributed by atoms with van der Waals surface area (Å²) in [6, 6.07) is 5.80. The quantitative estimate of drug-likeness (QED) is 0.762. The number of benzene rings is 1. The van der Waals surface area contributed by atoms with Gasteiger partial charge < -0.3 is 14.8 Å². The van der Waals surface area contributed by atoms with Crippen molar-refractivity contribution in [2.45, 2.75) is 20.0 Å². The summed E-state index contributed by atoms with van der Waals surface area (Å²) in [7, 11) is 1.69. The zero-order valence-corrected chi connectivity index (χ0v) is 11.4. The molecule has 1 atom stereocenters. The number of hydrogen-bond acceptors (Lipinski definition) is 3. The second-order valence-electron chi connectivity index (χ2n) is 4.06. The minimum absolute atomic E-state index is 0.0760. The molecule has 0 radical (unpaired) electrons. The molecule has 3 nitrogen and oxygen atoms in total. The summed E-state index contributed by atoms with van der Waals surface area (Å²) in [4.78, 5) is 0. The summed E-state index contributed by atoms with van der Waals surface area (Å²) in [5.41, 5.74) is 1.13. The fraction of sp³-hybridized carbons (Fsp3) is 0.538. The van der Waals surface area contributed by atoms with E-state index in [9.17, 15) is 0 Å². The van der Waals surface area contributed by atoms with Crippen molar-refractivity contribution in [3.05, 3.63) is 28.8 Å². The van der Waals surface area contributed by atoms with Gasteiger partial charge in [-0.2, -0.15) is 0 Å². The molecule has 0 amide bonds. The lowest BCUT2D eigenvalue weighted by Gasteiger charge is -2.16. The first kappa shape index (κ1) is 14.3. The highest BCUT2D eigenvalue weighted by Gasteiger charge is 2.06. The molecule has 1 aromatic rings. The molecule has 96 valence electrons. The van der Waals surface area contributed by atoms with Crippen LogP contribution in [0.1, 0.15) is 12.5 Å². The molecule has 0 heterocycles. The Morgan fingerprint density at radius 2 is 2.18 bits per heavy atom. The molecule has 1 aromatic carbocycles. The molecule has 0 aromatic heterocycles. The van der Waals surface area contributed by atoms with Gasteiger partial charge in [-0.15, -0.1) is 0 Å². The van der Waals surface area contributed by atoms with Gasteiger partial charge in [0.1, 0.15) is 11.9 Å². The third-order valence-electron chi connectivity index (χ3n) is 2.33. The van der Waals surface area contributed by atoms with Crippen molar-refractivity contribution in [1.82, 2.24) is 5.32 Å². The monoisotopic (exact) mass is 257 g/mol. The van der Waals surface area contributed by atoms with Gasteiger partial charge in [0.25, 0.3) is 0 Å². The molecule has 0 aliphatic carbocycles. The van der Waals surface area contributed by atoms with E-state index in [1.165, 1.54) is 0 Å². The minimum Gasteiger partial charge on any atom is -0.488 e. The lowest BCUT2D eigenvalue weighted by atomic mass is 10.2. The van der Waals surface area contributed by atoms with E-state index in [-0.39, 0.29) is 6.10 Å². The number of halogens is 1. The molecule has 0 saturated carbocycles.